The van der Waals surface area contributed by atoms with Gasteiger partial charge >= 0.3 is 0 Å². The standard InChI is InChI=1S/C26H22Cl2N4OS/c1-2-33-19-11-9-18(10-12-19)32-25(24(30-26(32)34)21-6-3-4-14-29-21)23-7-5-15-31(23)22-13-8-17(27)16-20(22)28/h3-16,24-25H,2H2,1H3,(H,30,34)/t24-,25-/m0/s1. The van der Waals surface area contributed by atoms with Crippen LogP contribution in [0.15, 0.2) is 85.2 Å². The third kappa shape index (κ3) is 4.25. The predicted octanol–water partition coefficient (Wildman–Crippen LogP) is 6.75. The molecule has 0 radical (unpaired) electrons. The van der Waals surface area contributed by atoms with E-state index in [1.54, 1.807) is 12.3 Å². The van der Waals surface area contributed by atoms with Crippen molar-refractivity contribution in [3.05, 3.63) is 107 Å². The van der Waals surface area contributed by atoms with Gasteiger partial charge < -0.3 is 19.5 Å². The molecule has 8 heteroatoms. The van der Waals surface area contributed by atoms with Gasteiger partial charge in [-0.2, -0.15) is 0 Å². The predicted molar refractivity (Wildman–Crippen MR) is 141 cm³/mol. The molecule has 1 saturated heterocycles. The molecule has 1 N–H and O–H groups in total. The van der Waals surface area contributed by atoms with E-state index in [1.165, 1.54) is 0 Å². The molecule has 0 amide bonds. The lowest BCUT2D eigenvalue weighted by Crippen LogP contribution is -2.30. The normalized spacial score (nSPS) is 17.6. The van der Waals surface area contributed by atoms with Gasteiger partial charge in [-0.05, 0) is 85.9 Å². The van der Waals surface area contributed by atoms with Crippen LogP contribution < -0.4 is 15.0 Å². The number of anilines is 1. The SMILES string of the molecule is CCOc1ccc(N2C(=S)N[C@@H](c3ccccn3)[C@@H]2c2cccn2-c2ccc(Cl)cc2Cl)cc1. The minimum atomic E-state index is -0.179. The second-order valence-electron chi connectivity index (χ2n) is 7.82. The van der Waals surface area contributed by atoms with Gasteiger partial charge in [0, 0.05) is 28.8 Å². The van der Waals surface area contributed by atoms with Gasteiger partial charge in [-0.15, -0.1) is 0 Å². The van der Waals surface area contributed by atoms with Crippen LogP contribution in [0, 0.1) is 0 Å². The van der Waals surface area contributed by atoms with Crippen molar-refractivity contribution in [2.75, 3.05) is 11.5 Å². The highest BCUT2D eigenvalue weighted by atomic mass is 35.5. The number of halogens is 2. The Morgan fingerprint density at radius 2 is 1.85 bits per heavy atom. The average Bonchev–Trinajstić information content (AvgIpc) is 3.44. The van der Waals surface area contributed by atoms with E-state index < -0.39 is 0 Å². The van der Waals surface area contributed by atoms with E-state index in [2.05, 4.69) is 25.8 Å². The first-order valence-corrected chi connectivity index (χ1v) is 12.1. The first kappa shape index (κ1) is 22.7. The van der Waals surface area contributed by atoms with Crippen LogP contribution in [-0.4, -0.2) is 21.3 Å². The van der Waals surface area contributed by atoms with Crippen molar-refractivity contribution >= 4 is 46.2 Å². The van der Waals surface area contributed by atoms with Crippen LogP contribution >= 0.6 is 35.4 Å². The maximum atomic E-state index is 6.60. The van der Waals surface area contributed by atoms with E-state index in [0.29, 0.717) is 21.8 Å². The highest BCUT2D eigenvalue weighted by Crippen LogP contribution is 2.43. The first-order chi connectivity index (χ1) is 16.6. The molecular formula is C26H22Cl2N4OS. The Labute approximate surface area is 213 Å². The second kappa shape index (κ2) is 9.66. The van der Waals surface area contributed by atoms with Crippen molar-refractivity contribution in [1.29, 1.82) is 0 Å². The molecule has 2 atom stereocenters. The molecule has 172 valence electrons. The Morgan fingerprint density at radius 1 is 1.03 bits per heavy atom. The van der Waals surface area contributed by atoms with Crippen molar-refractivity contribution in [1.82, 2.24) is 14.9 Å². The number of hydrogen-bond acceptors (Lipinski definition) is 3. The third-order valence-electron chi connectivity index (χ3n) is 5.78. The zero-order valence-electron chi connectivity index (χ0n) is 18.4. The zero-order valence-corrected chi connectivity index (χ0v) is 20.7. The molecule has 5 nitrogen and oxygen atoms in total. The fourth-order valence-corrected chi connectivity index (χ4v) is 5.18. The van der Waals surface area contributed by atoms with Gasteiger partial charge in [-0.3, -0.25) is 4.98 Å². The summed E-state index contributed by atoms with van der Waals surface area (Å²) in [4.78, 5) is 6.76. The number of hydrogen-bond donors (Lipinski definition) is 1. The number of pyridine rings is 1. The van der Waals surface area contributed by atoms with Gasteiger partial charge in [-0.1, -0.05) is 29.3 Å². The van der Waals surface area contributed by atoms with Crippen LogP contribution in [0.25, 0.3) is 5.69 Å². The second-order valence-corrected chi connectivity index (χ2v) is 9.05. The lowest BCUT2D eigenvalue weighted by molar-refractivity contribution is 0.340. The summed E-state index contributed by atoms with van der Waals surface area (Å²) in [5.74, 6) is 0.818. The van der Waals surface area contributed by atoms with Crippen molar-refractivity contribution in [2.24, 2.45) is 0 Å². The molecule has 0 saturated carbocycles. The highest BCUT2D eigenvalue weighted by Gasteiger charge is 2.42. The van der Waals surface area contributed by atoms with Gasteiger partial charge in [0.25, 0.3) is 0 Å². The summed E-state index contributed by atoms with van der Waals surface area (Å²) >= 11 is 18.6. The van der Waals surface area contributed by atoms with Crippen LogP contribution in [0.2, 0.25) is 10.0 Å². The van der Waals surface area contributed by atoms with Crippen molar-refractivity contribution in [2.45, 2.75) is 19.0 Å². The fourth-order valence-electron chi connectivity index (χ4n) is 4.33. The van der Waals surface area contributed by atoms with Crippen molar-refractivity contribution < 1.29 is 4.74 Å². The number of nitrogens with one attached hydrogen (secondary N) is 1. The van der Waals surface area contributed by atoms with Crippen LogP contribution in [0.1, 0.15) is 30.4 Å². The fraction of sp³-hybridized carbons (Fsp3) is 0.154. The molecule has 34 heavy (non-hydrogen) atoms. The minimum absolute atomic E-state index is 0.167. The van der Waals surface area contributed by atoms with Crippen molar-refractivity contribution in [3.8, 4) is 11.4 Å². The van der Waals surface area contributed by atoms with E-state index >= 15 is 0 Å². The number of nitrogens with zero attached hydrogens (tertiary/aromatic N) is 3. The molecule has 0 bridgehead atoms. The molecule has 1 fully saturated rings. The number of aromatic nitrogens is 2. The molecule has 2 aromatic carbocycles. The molecule has 0 spiro atoms. The van der Waals surface area contributed by atoms with Crippen LogP contribution in [0.3, 0.4) is 0 Å². The Bertz CT molecular complexity index is 1310. The summed E-state index contributed by atoms with van der Waals surface area (Å²) in [6.45, 7) is 2.58. The van der Waals surface area contributed by atoms with E-state index in [0.717, 1.165) is 28.5 Å². The Kier molecular flexibility index (Phi) is 6.46. The number of ether oxygens (including phenoxy) is 1. The van der Waals surface area contributed by atoms with E-state index in [9.17, 15) is 0 Å². The Balaban J connectivity index is 1.64. The average molecular weight is 509 g/mol. The smallest absolute Gasteiger partial charge is 0.174 e. The van der Waals surface area contributed by atoms with Gasteiger partial charge in [0.1, 0.15) is 11.8 Å². The van der Waals surface area contributed by atoms with Gasteiger partial charge in [-0.25, -0.2) is 0 Å². The van der Waals surface area contributed by atoms with E-state index in [-0.39, 0.29) is 12.1 Å². The molecule has 0 aliphatic carbocycles. The molecular weight excluding hydrogens is 487 g/mol. The molecule has 2 aromatic heterocycles. The molecule has 1 aliphatic rings. The zero-order chi connectivity index (χ0) is 23.7. The molecule has 4 aromatic rings. The molecule has 1 aliphatic heterocycles. The van der Waals surface area contributed by atoms with Crippen LogP contribution in [-0.2, 0) is 0 Å². The number of thiocarbonyl (C=S) groups is 1. The van der Waals surface area contributed by atoms with Crippen LogP contribution in [0.4, 0.5) is 5.69 Å². The number of rotatable bonds is 6. The molecule has 3 heterocycles. The summed E-state index contributed by atoms with van der Waals surface area (Å²) in [6, 6.07) is 23.1. The summed E-state index contributed by atoms with van der Waals surface area (Å²) < 4.78 is 7.71. The van der Waals surface area contributed by atoms with E-state index in [4.69, 9.17) is 40.2 Å². The van der Waals surface area contributed by atoms with E-state index in [1.807, 2.05) is 73.8 Å². The third-order valence-corrected chi connectivity index (χ3v) is 6.63. The molecule has 0 unspecified atom stereocenters. The summed E-state index contributed by atoms with van der Waals surface area (Å²) in [5.41, 5.74) is 3.72. The van der Waals surface area contributed by atoms with Gasteiger partial charge in [0.2, 0.25) is 0 Å². The quantitative estimate of drug-likeness (QED) is 0.291. The van der Waals surface area contributed by atoms with Gasteiger partial charge in [0.05, 0.1) is 29.1 Å². The topological polar surface area (TPSA) is 42.3 Å². The Hall–Kier alpha value is -3.06. The van der Waals surface area contributed by atoms with Crippen molar-refractivity contribution in [3.63, 3.8) is 0 Å². The lowest BCUT2D eigenvalue weighted by Gasteiger charge is -2.29. The maximum absolute atomic E-state index is 6.60. The first-order valence-electron chi connectivity index (χ1n) is 10.9. The highest BCUT2D eigenvalue weighted by molar-refractivity contribution is 7.80. The number of benzene rings is 2. The molecule has 5 rings (SSSR count). The summed E-state index contributed by atoms with van der Waals surface area (Å²) in [5, 5.41) is 5.28. The Morgan fingerprint density at radius 3 is 2.56 bits per heavy atom. The van der Waals surface area contributed by atoms with Crippen LogP contribution in [0.5, 0.6) is 5.75 Å². The summed E-state index contributed by atoms with van der Waals surface area (Å²) in [7, 11) is 0. The summed E-state index contributed by atoms with van der Waals surface area (Å²) in [6.07, 6.45) is 3.80. The minimum Gasteiger partial charge on any atom is -0.494 e. The lowest BCUT2D eigenvalue weighted by atomic mass is 10.0. The largest absolute Gasteiger partial charge is 0.494 e. The monoisotopic (exact) mass is 508 g/mol. The maximum Gasteiger partial charge on any atom is 0.174 e. The van der Waals surface area contributed by atoms with Gasteiger partial charge in [0.15, 0.2) is 5.11 Å².